The average molecular weight is 246 g/mol. The minimum atomic E-state index is 0.463. The van der Waals surface area contributed by atoms with Gasteiger partial charge >= 0.3 is 0 Å². The van der Waals surface area contributed by atoms with Crippen molar-refractivity contribution in [2.75, 3.05) is 26.7 Å². The van der Waals surface area contributed by atoms with Crippen molar-refractivity contribution >= 4 is 0 Å². The highest BCUT2D eigenvalue weighted by molar-refractivity contribution is 5.23. The highest BCUT2D eigenvalue weighted by Gasteiger charge is 2.17. The maximum atomic E-state index is 3.68. The summed E-state index contributed by atoms with van der Waals surface area (Å²) in [6, 6.07) is 9.33. The Morgan fingerprint density at radius 1 is 1.22 bits per heavy atom. The first kappa shape index (κ1) is 13.6. The van der Waals surface area contributed by atoms with Gasteiger partial charge in [0.15, 0.2) is 0 Å². The van der Waals surface area contributed by atoms with E-state index < -0.39 is 0 Å². The van der Waals surface area contributed by atoms with Crippen LogP contribution in [0.4, 0.5) is 0 Å². The average Bonchev–Trinajstić information content (AvgIpc) is 2.38. The molecule has 0 amide bonds. The van der Waals surface area contributed by atoms with E-state index in [1.54, 1.807) is 0 Å². The molecular weight excluding hydrogens is 220 g/mol. The summed E-state index contributed by atoms with van der Waals surface area (Å²) in [4.78, 5) is 2.43. The molecule has 1 atom stereocenters. The van der Waals surface area contributed by atoms with E-state index in [1.807, 2.05) is 0 Å². The summed E-state index contributed by atoms with van der Waals surface area (Å²) in [5.41, 5.74) is 2.73. The molecule has 1 fully saturated rings. The van der Waals surface area contributed by atoms with Crippen molar-refractivity contribution in [3.8, 4) is 0 Å². The van der Waals surface area contributed by atoms with Crippen LogP contribution in [0.5, 0.6) is 0 Å². The number of nitrogens with zero attached hydrogens (tertiary/aromatic N) is 1. The zero-order valence-electron chi connectivity index (χ0n) is 11.9. The van der Waals surface area contributed by atoms with Gasteiger partial charge in [0.05, 0.1) is 0 Å². The van der Waals surface area contributed by atoms with E-state index in [0.717, 1.165) is 12.5 Å². The van der Waals surface area contributed by atoms with Crippen LogP contribution in [0.25, 0.3) is 0 Å². The number of benzene rings is 1. The number of likely N-dealkylation sites (tertiary alicyclic amines) is 1. The smallest absolute Gasteiger partial charge is 0.0291 e. The van der Waals surface area contributed by atoms with Crippen LogP contribution in [-0.4, -0.2) is 31.6 Å². The van der Waals surface area contributed by atoms with Crippen LogP contribution < -0.4 is 5.32 Å². The predicted molar refractivity (Wildman–Crippen MR) is 77.8 cm³/mol. The molecule has 1 saturated heterocycles. The molecule has 1 aromatic carbocycles. The number of nitrogens with one attached hydrogen (secondary N) is 1. The van der Waals surface area contributed by atoms with Gasteiger partial charge in [-0.25, -0.2) is 0 Å². The molecule has 0 radical (unpaired) electrons. The monoisotopic (exact) mass is 246 g/mol. The third kappa shape index (κ3) is 3.82. The first-order chi connectivity index (χ1) is 8.65. The van der Waals surface area contributed by atoms with Crippen LogP contribution in [0.2, 0.25) is 0 Å². The van der Waals surface area contributed by atoms with Gasteiger partial charge < -0.3 is 10.2 Å². The summed E-state index contributed by atoms with van der Waals surface area (Å²) >= 11 is 0. The van der Waals surface area contributed by atoms with Crippen LogP contribution in [0.3, 0.4) is 0 Å². The molecular formula is C16H26N2. The van der Waals surface area contributed by atoms with Crippen molar-refractivity contribution in [3.05, 3.63) is 35.4 Å². The Kier molecular flexibility index (Phi) is 4.79. The summed E-state index contributed by atoms with van der Waals surface area (Å²) in [6.07, 6.45) is 2.67. The van der Waals surface area contributed by atoms with Crippen LogP contribution in [0.1, 0.15) is 36.9 Å². The molecule has 2 rings (SSSR count). The van der Waals surface area contributed by atoms with Crippen molar-refractivity contribution in [2.24, 2.45) is 5.92 Å². The van der Waals surface area contributed by atoms with Crippen LogP contribution in [0.15, 0.2) is 24.3 Å². The molecule has 1 aliphatic heterocycles. The molecule has 100 valence electrons. The third-order valence-electron chi connectivity index (χ3n) is 4.13. The van der Waals surface area contributed by atoms with Gasteiger partial charge in [-0.2, -0.15) is 0 Å². The first-order valence-corrected chi connectivity index (χ1v) is 7.13. The molecule has 2 heteroatoms. The second-order valence-corrected chi connectivity index (χ2v) is 5.79. The zero-order chi connectivity index (χ0) is 13.0. The third-order valence-corrected chi connectivity index (χ3v) is 4.13. The van der Waals surface area contributed by atoms with Gasteiger partial charge in [-0.3, -0.25) is 0 Å². The van der Waals surface area contributed by atoms with Crippen molar-refractivity contribution in [1.82, 2.24) is 10.2 Å². The SMILES string of the molecule is Cc1ccc([C@@H](C)NCC2CCN(C)CC2)cc1. The van der Waals surface area contributed by atoms with Gasteiger partial charge in [0.1, 0.15) is 0 Å². The number of hydrogen-bond acceptors (Lipinski definition) is 2. The number of rotatable bonds is 4. The topological polar surface area (TPSA) is 15.3 Å². The Balaban J connectivity index is 1.77. The lowest BCUT2D eigenvalue weighted by molar-refractivity contribution is 0.213. The Morgan fingerprint density at radius 2 is 1.83 bits per heavy atom. The van der Waals surface area contributed by atoms with Crippen LogP contribution in [0, 0.1) is 12.8 Å². The van der Waals surface area contributed by atoms with Gasteiger partial charge in [0, 0.05) is 6.04 Å². The molecule has 1 aromatic rings. The zero-order valence-corrected chi connectivity index (χ0v) is 11.9. The van der Waals surface area contributed by atoms with Crippen LogP contribution in [-0.2, 0) is 0 Å². The van der Waals surface area contributed by atoms with Crippen molar-refractivity contribution in [3.63, 3.8) is 0 Å². The van der Waals surface area contributed by atoms with E-state index in [9.17, 15) is 0 Å². The molecule has 2 nitrogen and oxygen atoms in total. The van der Waals surface area contributed by atoms with E-state index in [0.29, 0.717) is 6.04 Å². The molecule has 18 heavy (non-hydrogen) atoms. The van der Waals surface area contributed by atoms with Crippen molar-refractivity contribution < 1.29 is 0 Å². The standard InChI is InChI=1S/C16H26N2/c1-13-4-6-16(7-5-13)14(2)17-12-15-8-10-18(3)11-9-15/h4-7,14-15,17H,8-12H2,1-3H3/t14-/m1/s1. The van der Waals surface area contributed by atoms with Crippen molar-refractivity contribution in [2.45, 2.75) is 32.7 Å². The van der Waals surface area contributed by atoms with Gasteiger partial charge in [-0.15, -0.1) is 0 Å². The summed E-state index contributed by atoms with van der Waals surface area (Å²) in [5, 5.41) is 3.68. The van der Waals surface area contributed by atoms with E-state index in [1.165, 1.54) is 37.1 Å². The highest BCUT2D eigenvalue weighted by Crippen LogP contribution is 2.18. The molecule has 1 heterocycles. The Bertz CT molecular complexity index is 350. The summed E-state index contributed by atoms with van der Waals surface area (Å²) < 4.78 is 0. The molecule has 0 unspecified atom stereocenters. The molecule has 1 aliphatic rings. The van der Waals surface area contributed by atoms with Gasteiger partial charge in [0.2, 0.25) is 0 Å². The highest BCUT2D eigenvalue weighted by atomic mass is 15.1. The Morgan fingerprint density at radius 3 is 2.44 bits per heavy atom. The fourth-order valence-corrected chi connectivity index (χ4v) is 2.58. The minimum Gasteiger partial charge on any atom is -0.310 e. The molecule has 0 spiro atoms. The predicted octanol–water partition coefficient (Wildman–Crippen LogP) is 2.99. The van der Waals surface area contributed by atoms with Crippen LogP contribution >= 0.6 is 0 Å². The maximum Gasteiger partial charge on any atom is 0.0291 e. The van der Waals surface area contributed by atoms with Gasteiger partial charge in [-0.1, -0.05) is 29.8 Å². The van der Waals surface area contributed by atoms with E-state index in [4.69, 9.17) is 0 Å². The molecule has 0 saturated carbocycles. The lowest BCUT2D eigenvalue weighted by Gasteiger charge is -2.30. The lowest BCUT2D eigenvalue weighted by atomic mass is 9.96. The first-order valence-electron chi connectivity index (χ1n) is 7.13. The fraction of sp³-hybridized carbons (Fsp3) is 0.625. The van der Waals surface area contributed by atoms with Gasteiger partial charge in [0.25, 0.3) is 0 Å². The normalized spacial score (nSPS) is 19.9. The van der Waals surface area contributed by atoms with Gasteiger partial charge in [-0.05, 0) is 64.9 Å². The fourth-order valence-electron chi connectivity index (χ4n) is 2.58. The summed E-state index contributed by atoms with van der Waals surface area (Å²) in [6.45, 7) is 8.07. The summed E-state index contributed by atoms with van der Waals surface area (Å²) in [5.74, 6) is 0.856. The quantitative estimate of drug-likeness (QED) is 0.878. The van der Waals surface area contributed by atoms with E-state index in [2.05, 4.69) is 55.4 Å². The Hall–Kier alpha value is -0.860. The second-order valence-electron chi connectivity index (χ2n) is 5.79. The number of aryl methyl sites for hydroxylation is 1. The lowest BCUT2D eigenvalue weighted by Crippen LogP contribution is -2.35. The van der Waals surface area contributed by atoms with E-state index in [-0.39, 0.29) is 0 Å². The molecule has 0 aromatic heterocycles. The minimum absolute atomic E-state index is 0.463. The van der Waals surface area contributed by atoms with Crippen molar-refractivity contribution in [1.29, 1.82) is 0 Å². The molecule has 1 N–H and O–H groups in total. The second kappa shape index (κ2) is 6.35. The van der Waals surface area contributed by atoms with E-state index >= 15 is 0 Å². The number of piperidine rings is 1. The largest absolute Gasteiger partial charge is 0.310 e. The molecule has 0 aliphatic carbocycles. The molecule has 0 bridgehead atoms. The Labute approximate surface area is 111 Å². The number of hydrogen-bond donors (Lipinski definition) is 1. The summed E-state index contributed by atoms with van der Waals surface area (Å²) in [7, 11) is 2.22. The maximum absolute atomic E-state index is 3.68.